The lowest BCUT2D eigenvalue weighted by Gasteiger charge is -2.62. The van der Waals surface area contributed by atoms with E-state index in [9.17, 15) is 0 Å². The van der Waals surface area contributed by atoms with Crippen molar-refractivity contribution < 1.29 is 0 Å². The molecule has 4 aliphatic rings. The largest absolute Gasteiger partial charge is 0.310 e. The summed E-state index contributed by atoms with van der Waals surface area (Å²) in [6.45, 7) is 9.75. The van der Waals surface area contributed by atoms with Gasteiger partial charge in [0.05, 0.1) is 5.41 Å². The van der Waals surface area contributed by atoms with Gasteiger partial charge in [0.1, 0.15) is 0 Å². The molecule has 7 aromatic carbocycles. The number of nitrogens with zero attached hydrogens (tertiary/aromatic N) is 1. The lowest BCUT2D eigenvalue weighted by Crippen LogP contribution is -2.57. The third-order valence-corrected chi connectivity index (χ3v) is 15.6. The van der Waals surface area contributed by atoms with Crippen LogP contribution in [0, 0.1) is 23.7 Å². The van der Waals surface area contributed by atoms with Crippen LogP contribution in [0.5, 0.6) is 0 Å². The Kier molecular flexibility index (Phi) is 8.46. The van der Waals surface area contributed by atoms with Crippen LogP contribution < -0.4 is 4.90 Å². The zero-order valence-corrected chi connectivity index (χ0v) is 35.0. The predicted molar refractivity (Wildman–Crippen MR) is 246 cm³/mol. The molecule has 0 radical (unpaired) electrons. The van der Waals surface area contributed by atoms with Crippen molar-refractivity contribution in [2.45, 2.75) is 76.0 Å². The molecule has 2 saturated carbocycles. The molecule has 292 valence electrons. The summed E-state index contributed by atoms with van der Waals surface area (Å²) in [6, 6.07) is 67.7. The summed E-state index contributed by atoms with van der Waals surface area (Å²) in [6.07, 6.45) is 6.46. The highest BCUT2D eigenvalue weighted by atomic mass is 15.1. The Morgan fingerprint density at radius 3 is 1.58 bits per heavy atom. The molecule has 0 aliphatic heterocycles. The minimum atomic E-state index is -0.513. The van der Waals surface area contributed by atoms with E-state index in [4.69, 9.17) is 0 Å². The standard InChI is InChI=1S/C58H55N/c1-5-40-35-43-33-39(2)34-44(36-40)58(43)52-28-18-17-27-51(52)57(41-19-9-6-10-20-41,42-21-11-7-12-22-42)55-38-47(30-32-53(55)58)59(45-23-13-8-14-24-45)46-29-31-49-48-25-15-16-26-50(48)56(3,4)54(49)37-46/h6-32,37-40,43-44H,5,33-36H2,1-4H3/t39?,40?,43-,44+,58?. The second-order valence-corrected chi connectivity index (χ2v) is 18.9. The van der Waals surface area contributed by atoms with Crippen LogP contribution in [0.2, 0.25) is 0 Å². The van der Waals surface area contributed by atoms with Gasteiger partial charge in [-0.05, 0) is 141 Å². The molecule has 3 unspecified atom stereocenters. The van der Waals surface area contributed by atoms with Gasteiger partial charge in [0.2, 0.25) is 0 Å². The average Bonchev–Trinajstić information content (AvgIpc) is 3.50. The van der Waals surface area contributed by atoms with Crippen molar-refractivity contribution in [2.75, 3.05) is 4.90 Å². The monoisotopic (exact) mass is 765 g/mol. The minimum Gasteiger partial charge on any atom is -0.310 e. The van der Waals surface area contributed by atoms with E-state index in [2.05, 4.69) is 209 Å². The first-order valence-corrected chi connectivity index (χ1v) is 22.3. The van der Waals surface area contributed by atoms with Crippen molar-refractivity contribution in [2.24, 2.45) is 23.7 Å². The van der Waals surface area contributed by atoms with E-state index < -0.39 is 5.41 Å². The maximum Gasteiger partial charge on any atom is 0.0708 e. The summed E-state index contributed by atoms with van der Waals surface area (Å²) in [4.78, 5) is 2.53. The first-order chi connectivity index (χ1) is 28.9. The number of para-hydroxylation sites is 1. The lowest BCUT2D eigenvalue weighted by atomic mass is 9.41. The number of hydrogen-bond donors (Lipinski definition) is 0. The third kappa shape index (κ3) is 5.16. The fraction of sp³-hybridized carbons (Fsp3) is 0.276. The maximum atomic E-state index is 2.64. The van der Waals surface area contributed by atoms with Crippen molar-refractivity contribution in [3.63, 3.8) is 0 Å². The minimum absolute atomic E-state index is 0.0450. The van der Waals surface area contributed by atoms with Crippen LogP contribution >= 0.6 is 0 Å². The summed E-state index contributed by atoms with van der Waals surface area (Å²) in [7, 11) is 0. The molecule has 0 aromatic heterocycles. The summed E-state index contributed by atoms with van der Waals surface area (Å²) < 4.78 is 0. The van der Waals surface area contributed by atoms with E-state index >= 15 is 0 Å². The third-order valence-electron chi connectivity index (χ3n) is 15.6. The fourth-order valence-electron chi connectivity index (χ4n) is 13.3. The summed E-state index contributed by atoms with van der Waals surface area (Å²) in [5.74, 6) is 2.71. The van der Waals surface area contributed by atoms with Crippen molar-refractivity contribution in [1.82, 2.24) is 0 Å². The van der Waals surface area contributed by atoms with Gasteiger partial charge in [-0.2, -0.15) is 0 Å². The Hall–Kier alpha value is -5.66. The van der Waals surface area contributed by atoms with Crippen molar-refractivity contribution in [3.8, 4) is 11.1 Å². The summed E-state index contributed by atoms with van der Waals surface area (Å²) in [5.41, 5.74) is 17.1. The fourth-order valence-corrected chi connectivity index (χ4v) is 13.3. The number of benzene rings is 7. The van der Waals surface area contributed by atoms with Crippen LogP contribution in [0.15, 0.2) is 176 Å². The number of anilines is 3. The van der Waals surface area contributed by atoms with E-state index in [0.717, 1.165) is 11.8 Å². The van der Waals surface area contributed by atoms with E-state index in [1.807, 2.05) is 0 Å². The molecule has 0 heterocycles. The van der Waals surface area contributed by atoms with Crippen LogP contribution in [0.1, 0.15) is 104 Å². The number of fused-ring (bicyclic) bond motifs is 5. The molecule has 5 atom stereocenters. The second kappa shape index (κ2) is 13.7. The van der Waals surface area contributed by atoms with E-state index in [-0.39, 0.29) is 10.8 Å². The van der Waals surface area contributed by atoms with Gasteiger partial charge in [0, 0.05) is 27.9 Å². The molecule has 4 aliphatic carbocycles. The topological polar surface area (TPSA) is 3.24 Å². The molecule has 2 bridgehead atoms. The lowest BCUT2D eigenvalue weighted by molar-refractivity contribution is 0.0180. The van der Waals surface area contributed by atoms with Crippen LogP contribution in [-0.4, -0.2) is 0 Å². The van der Waals surface area contributed by atoms with Crippen LogP contribution in [-0.2, 0) is 16.2 Å². The first-order valence-electron chi connectivity index (χ1n) is 22.3. The SMILES string of the molecule is CCC1C[C@H]2CC(C)C[C@@H](C1)C21c2ccccc2C(c2ccccc2)(c2ccccc2)c2cc(N(c3ccccc3)c3ccc4c(c3)C(C)(C)c3ccccc3-4)ccc21. The Bertz CT molecular complexity index is 2620. The van der Waals surface area contributed by atoms with Crippen LogP contribution in [0.25, 0.3) is 11.1 Å². The molecule has 1 spiro atoms. The van der Waals surface area contributed by atoms with Crippen molar-refractivity contribution in [3.05, 3.63) is 220 Å². The van der Waals surface area contributed by atoms with E-state index in [1.54, 1.807) is 11.1 Å². The van der Waals surface area contributed by atoms with Gasteiger partial charge < -0.3 is 4.90 Å². The first kappa shape index (κ1) is 36.4. The molecule has 0 amide bonds. The van der Waals surface area contributed by atoms with Crippen LogP contribution in [0.3, 0.4) is 0 Å². The van der Waals surface area contributed by atoms with Gasteiger partial charge in [-0.1, -0.05) is 174 Å². The Labute approximate surface area is 351 Å². The predicted octanol–water partition coefficient (Wildman–Crippen LogP) is 14.9. The van der Waals surface area contributed by atoms with Crippen molar-refractivity contribution in [1.29, 1.82) is 0 Å². The molecular formula is C58H55N. The molecule has 2 fully saturated rings. The van der Waals surface area contributed by atoms with Crippen LogP contribution in [0.4, 0.5) is 17.1 Å². The molecule has 1 nitrogen and oxygen atoms in total. The normalized spacial score (nSPS) is 24.1. The zero-order valence-electron chi connectivity index (χ0n) is 35.0. The van der Waals surface area contributed by atoms with Gasteiger partial charge in [-0.3, -0.25) is 0 Å². The number of rotatable bonds is 6. The molecular weight excluding hydrogens is 711 g/mol. The highest BCUT2D eigenvalue weighted by Crippen LogP contribution is 2.67. The maximum absolute atomic E-state index is 2.64. The average molecular weight is 766 g/mol. The zero-order chi connectivity index (χ0) is 39.9. The summed E-state index contributed by atoms with van der Waals surface area (Å²) >= 11 is 0. The molecule has 59 heavy (non-hydrogen) atoms. The Morgan fingerprint density at radius 1 is 0.458 bits per heavy atom. The summed E-state index contributed by atoms with van der Waals surface area (Å²) in [5, 5.41) is 0. The van der Waals surface area contributed by atoms with Gasteiger partial charge in [0.25, 0.3) is 0 Å². The number of hydrogen-bond acceptors (Lipinski definition) is 1. The van der Waals surface area contributed by atoms with E-state index in [1.165, 1.54) is 93.7 Å². The smallest absolute Gasteiger partial charge is 0.0708 e. The molecule has 0 N–H and O–H groups in total. The molecule has 1 heteroatoms. The molecule has 7 aromatic rings. The molecule has 11 rings (SSSR count). The highest BCUT2D eigenvalue weighted by molar-refractivity contribution is 5.86. The van der Waals surface area contributed by atoms with Gasteiger partial charge >= 0.3 is 0 Å². The van der Waals surface area contributed by atoms with E-state index in [0.29, 0.717) is 11.8 Å². The van der Waals surface area contributed by atoms with Gasteiger partial charge in [-0.25, -0.2) is 0 Å². The quantitative estimate of drug-likeness (QED) is 0.163. The van der Waals surface area contributed by atoms with Crippen molar-refractivity contribution >= 4 is 17.1 Å². The Morgan fingerprint density at radius 2 is 0.949 bits per heavy atom. The van der Waals surface area contributed by atoms with Gasteiger partial charge in [-0.15, -0.1) is 0 Å². The second-order valence-electron chi connectivity index (χ2n) is 18.9. The van der Waals surface area contributed by atoms with Gasteiger partial charge in [0.15, 0.2) is 0 Å². The Balaban J connectivity index is 1.22. The molecule has 0 saturated heterocycles. The highest BCUT2D eigenvalue weighted by Gasteiger charge is 2.61.